The number of anilines is 2. The van der Waals surface area contributed by atoms with E-state index in [9.17, 15) is 9.59 Å². The van der Waals surface area contributed by atoms with Crippen LogP contribution in [0.1, 0.15) is 63.9 Å². The zero-order chi connectivity index (χ0) is 37.2. The number of aryl methyl sites for hydroxylation is 2. The van der Waals surface area contributed by atoms with Crippen LogP contribution >= 0.6 is 11.8 Å². The average Bonchev–Trinajstić information content (AvgIpc) is 3.65. The van der Waals surface area contributed by atoms with E-state index in [1.54, 1.807) is 16.4 Å². The highest BCUT2D eigenvalue weighted by Gasteiger charge is 2.28. The van der Waals surface area contributed by atoms with E-state index < -0.39 is 11.5 Å². The molecule has 9 nitrogen and oxygen atoms in total. The van der Waals surface area contributed by atoms with Crippen LogP contribution in [0, 0.1) is 19.3 Å². The van der Waals surface area contributed by atoms with Gasteiger partial charge in [-0.05, 0) is 73.5 Å². The van der Waals surface area contributed by atoms with Gasteiger partial charge in [0.1, 0.15) is 5.75 Å². The highest BCUT2D eigenvalue weighted by molar-refractivity contribution is 7.99. The first-order chi connectivity index (χ1) is 24.6. The molecule has 10 heteroatoms. The number of rotatable bonds is 10. The van der Waals surface area contributed by atoms with Crippen LogP contribution in [-0.4, -0.2) is 37.7 Å². The fraction of sp³-hybridized carbons (Fsp3) is 0.286. The summed E-state index contributed by atoms with van der Waals surface area (Å²) < 4.78 is 7.96. The van der Waals surface area contributed by atoms with Gasteiger partial charge in [-0.1, -0.05) is 107 Å². The van der Waals surface area contributed by atoms with Crippen molar-refractivity contribution in [3.63, 3.8) is 0 Å². The fourth-order valence-electron chi connectivity index (χ4n) is 5.52. The molecule has 2 heterocycles. The number of aromatic amines is 1. The molecule has 0 bridgehead atoms. The number of aromatic nitrogens is 4. The fourth-order valence-corrected chi connectivity index (χ4v) is 6.79. The first kappa shape index (κ1) is 36.4. The van der Waals surface area contributed by atoms with Gasteiger partial charge in [0, 0.05) is 33.4 Å². The van der Waals surface area contributed by atoms with E-state index in [-0.39, 0.29) is 17.2 Å². The molecule has 4 aromatic carbocycles. The largest absolute Gasteiger partial charge is 0.480 e. The number of nitrogens with one attached hydrogen (secondary N) is 3. The zero-order valence-electron chi connectivity index (χ0n) is 31.0. The maximum atomic E-state index is 13.6. The Balaban J connectivity index is 1.24. The number of carbonyl (C=O) groups is 2. The quantitative estimate of drug-likeness (QED) is 0.130. The average molecular weight is 715 g/mol. The van der Waals surface area contributed by atoms with Crippen LogP contribution in [0.4, 0.5) is 11.4 Å². The summed E-state index contributed by atoms with van der Waals surface area (Å²) >= 11 is 1.55. The summed E-state index contributed by atoms with van der Waals surface area (Å²) in [5.74, 6) is 0.898. The Labute approximate surface area is 309 Å². The lowest BCUT2D eigenvalue weighted by atomic mass is 9.92. The van der Waals surface area contributed by atoms with Crippen molar-refractivity contribution in [1.29, 1.82) is 0 Å². The van der Waals surface area contributed by atoms with Crippen LogP contribution < -0.4 is 15.4 Å². The smallest absolute Gasteiger partial charge is 0.265 e. The predicted octanol–water partition coefficient (Wildman–Crippen LogP) is 9.40. The van der Waals surface area contributed by atoms with Gasteiger partial charge in [0.05, 0.1) is 16.3 Å². The summed E-state index contributed by atoms with van der Waals surface area (Å²) in [6.45, 7) is 16.1. The van der Waals surface area contributed by atoms with E-state index in [4.69, 9.17) is 14.8 Å². The van der Waals surface area contributed by atoms with Crippen molar-refractivity contribution in [1.82, 2.24) is 19.8 Å². The van der Waals surface area contributed by atoms with Crippen molar-refractivity contribution in [3.05, 3.63) is 119 Å². The molecule has 0 aliphatic rings. The Morgan fingerprint density at radius 1 is 0.846 bits per heavy atom. The molecule has 0 saturated heterocycles. The molecule has 3 N–H and O–H groups in total. The van der Waals surface area contributed by atoms with Gasteiger partial charge in [0.2, 0.25) is 5.91 Å². The molecule has 0 fully saturated rings. The summed E-state index contributed by atoms with van der Waals surface area (Å²) in [5.41, 5.74) is 6.33. The molecule has 0 radical (unpaired) electrons. The summed E-state index contributed by atoms with van der Waals surface area (Å²) in [6.07, 6.45) is -0.313. The first-order valence-corrected chi connectivity index (χ1v) is 18.2. The van der Waals surface area contributed by atoms with E-state index in [1.165, 1.54) is 0 Å². The number of nitrogens with zero attached hydrogens (tertiary/aromatic N) is 3. The van der Waals surface area contributed by atoms with Gasteiger partial charge in [0.15, 0.2) is 17.6 Å². The molecule has 0 aliphatic heterocycles. The maximum Gasteiger partial charge on any atom is 0.265 e. The standard InChI is InChI=1S/C42H46N6O3S/c1-26-16-18-28(19-17-26)25-33(51-31-13-11-12-27(2)24-31)39(49)43-30-22-20-29(21-23-30)37-45-38-35(36(41(3,4)5)46-48(38)47-37)52-34-15-10-9-14-32(34)44-40(50)42(6,7)8/h9-24,33,46H,25H2,1-8H3,(H,43,49)(H,44,50). The third-order valence-electron chi connectivity index (χ3n) is 8.55. The molecular formula is C42H46N6O3S. The van der Waals surface area contributed by atoms with E-state index in [1.807, 2.05) is 132 Å². The van der Waals surface area contributed by atoms with E-state index in [2.05, 4.69) is 36.5 Å². The van der Waals surface area contributed by atoms with Gasteiger partial charge in [-0.25, -0.2) is 4.98 Å². The molecule has 1 unspecified atom stereocenters. The molecule has 1 atom stereocenters. The van der Waals surface area contributed by atoms with Gasteiger partial charge in [0.25, 0.3) is 5.91 Å². The number of amides is 2. The third kappa shape index (κ3) is 8.57. The molecule has 268 valence electrons. The summed E-state index contributed by atoms with van der Waals surface area (Å²) in [4.78, 5) is 33.4. The molecule has 0 aliphatic carbocycles. The van der Waals surface area contributed by atoms with Crippen molar-refractivity contribution in [3.8, 4) is 17.1 Å². The SMILES string of the molecule is Cc1ccc(CC(Oc2cccc(C)c2)C(=O)Nc2ccc(-c3nc4c(Sc5ccccc5NC(=O)C(C)(C)C)c(C(C)(C)C)[nH]n4n3)cc2)cc1. The minimum absolute atomic E-state index is 0.0548. The maximum absolute atomic E-state index is 13.6. The Kier molecular flexibility index (Phi) is 10.3. The van der Waals surface area contributed by atoms with E-state index >= 15 is 0 Å². The second kappa shape index (κ2) is 14.7. The molecule has 6 aromatic rings. The van der Waals surface area contributed by atoms with Crippen LogP contribution in [-0.2, 0) is 21.4 Å². The second-order valence-corrected chi connectivity index (χ2v) is 16.3. The van der Waals surface area contributed by atoms with Crippen LogP contribution in [0.15, 0.2) is 107 Å². The Morgan fingerprint density at radius 2 is 1.56 bits per heavy atom. The van der Waals surface area contributed by atoms with Crippen molar-refractivity contribution in [2.45, 2.75) is 83.1 Å². The normalized spacial score (nSPS) is 12.5. The second-order valence-electron chi connectivity index (χ2n) is 15.2. The van der Waals surface area contributed by atoms with Crippen LogP contribution in [0.25, 0.3) is 17.0 Å². The topological polar surface area (TPSA) is 113 Å². The summed E-state index contributed by atoms with van der Waals surface area (Å²) in [7, 11) is 0. The van der Waals surface area contributed by atoms with Crippen molar-refractivity contribution in [2.24, 2.45) is 5.41 Å². The lowest BCUT2D eigenvalue weighted by Gasteiger charge is -2.20. The highest BCUT2D eigenvalue weighted by Crippen LogP contribution is 2.42. The number of carbonyl (C=O) groups excluding carboxylic acids is 2. The van der Waals surface area contributed by atoms with Gasteiger partial charge < -0.3 is 15.4 Å². The predicted molar refractivity (Wildman–Crippen MR) is 209 cm³/mol. The number of para-hydroxylation sites is 1. The first-order valence-electron chi connectivity index (χ1n) is 17.4. The molecule has 0 spiro atoms. The Hall–Kier alpha value is -5.35. The Bertz CT molecular complexity index is 2210. The number of hydrogen-bond acceptors (Lipinski definition) is 6. The number of ether oxygens (including phenoxy) is 1. The lowest BCUT2D eigenvalue weighted by Crippen LogP contribution is -2.35. The van der Waals surface area contributed by atoms with Gasteiger partial charge >= 0.3 is 0 Å². The number of H-pyrrole nitrogens is 1. The van der Waals surface area contributed by atoms with Crippen LogP contribution in [0.3, 0.4) is 0 Å². The summed E-state index contributed by atoms with van der Waals surface area (Å²) in [6, 6.07) is 31.2. The van der Waals surface area contributed by atoms with E-state index in [0.29, 0.717) is 29.3 Å². The van der Waals surface area contributed by atoms with Gasteiger partial charge in [-0.2, -0.15) is 4.63 Å². The molecule has 52 heavy (non-hydrogen) atoms. The molecule has 0 saturated carbocycles. The summed E-state index contributed by atoms with van der Waals surface area (Å²) in [5, 5.41) is 14.4. The third-order valence-corrected chi connectivity index (χ3v) is 9.71. The van der Waals surface area contributed by atoms with Crippen molar-refractivity contribution in [2.75, 3.05) is 10.6 Å². The van der Waals surface area contributed by atoms with Gasteiger partial charge in [-0.15, -0.1) is 5.10 Å². The monoisotopic (exact) mass is 714 g/mol. The van der Waals surface area contributed by atoms with E-state index in [0.717, 1.165) is 43.4 Å². The lowest BCUT2D eigenvalue weighted by molar-refractivity contribution is -0.123. The minimum atomic E-state index is -0.736. The highest BCUT2D eigenvalue weighted by atomic mass is 32.2. The van der Waals surface area contributed by atoms with Crippen molar-refractivity contribution >= 4 is 40.6 Å². The Morgan fingerprint density at radius 3 is 2.23 bits per heavy atom. The molecule has 2 aromatic heterocycles. The van der Waals surface area contributed by atoms with Crippen LogP contribution in [0.2, 0.25) is 0 Å². The number of fused-ring (bicyclic) bond motifs is 1. The number of benzene rings is 4. The molecule has 6 rings (SSSR count). The van der Waals surface area contributed by atoms with Crippen molar-refractivity contribution < 1.29 is 14.3 Å². The molecular weight excluding hydrogens is 669 g/mol. The zero-order valence-corrected chi connectivity index (χ0v) is 31.8. The van der Waals surface area contributed by atoms with Gasteiger partial charge in [-0.3, -0.25) is 14.7 Å². The number of hydrogen-bond donors (Lipinski definition) is 3. The van der Waals surface area contributed by atoms with Crippen LogP contribution in [0.5, 0.6) is 5.75 Å². The minimum Gasteiger partial charge on any atom is -0.480 e. The molecule has 2 amide bonds.